The third kappa shape index (κ3) is 4.48. The summed E-state index contributed by atoms with van der Waals surface area (Å²) in [7, 11) is 0. The molecule has 0 aliphatic carbocycles. The van der Waals surface area contributed by atoms with Crippen LogP contribution in [0.3, 0.4) is 0 Å². The number of benzene rings is 4. The monoisotopic (exact) mass is 434 g/mol. The van der Waals surface area contributed by atoms with E-state index in [0.717, 1.165) is 11.1 Å². The molecule has 0 saturated heterocycles. The van der Waals surface area contributed by atoms with E-state index < -0.39 is 0 Å². The number of hydrogen-bond donors (Lipinski definition) is 2. The van der Waals surface area contributed by atoms with Gasteiger partial charge in [0, 0.05) is 18.0 Å². The second kappa shape index (κ2) is 9.01. The summed E-state index contributed by atoms with van der Waals surface area (Å²) in [6.07, 6.45) is 0.277. The Morgan fingerprint density at radius 2 is 1.42 bits per heavy atom. The first kappa shape index (κ1) is 20.5. The van der Waals surface area contributed by atoms with Crippen LogP contribution in [0.15, 0.2) is 103 Å². The second-order valence-electron chi connectivity index (χ2n) is 7.89. The van der Waals surface area contributed by atoms with Gasteiger partial charge in [0.05, 0.1) is 11.3 Å². The molecule has 1 aliphatic rings. The van der Waals surface area contributed by atoms with Gasteiger partial charge in [-0.25, -0.2) is 0 Å². The molecule has 1 aliphatic heterocycles. The number of para-hydroxylation sites is 2. The summed E-state index contributed by atoms with van der Waals surface area (Å²) in [5.41, 5.74) is 3.67. The Morgan fingerprint density at radius 1 is 0.788 bits per heavy atom. The molecule has 5 rings (SSSR count). The lowest BCUT2D eigenvalue weighted by atomic mass is 9.88. The molecule has 5 nitrogen and oxygen atoms in total. The number of anilines is 2. The molecule has 4 aromatic carbocycles. The number of ether oxygens (including phenoxy) is 1. The van der Waals surface area contributed by atoms with Crippen molar-refractivity contribution in [3.05, 3.63) is 120 Å². The highest BCUT2D eigenvalue weighted by molar-refractivity contribution is 6.09. The summed E-state index contributed by atoms with van der Waals surface area (Å²) < 4.78 is 5.92. The largest absolute Gasteiger partial charge is 0.454 e. The van der Waals surface area contributed by atoms with Crippen molar-refractivity contribution in [1.82, 2.24) is 0 Å². The van der Waals surface area contributed by atoms with E-state index in [2.05, 4.69) is 10.6 Å². The van der Waals surface area contributed by atoms with Crippen LogP contribution < -0.4 is 15.4 Å². The predicted molar refractivity (Wildman–Crippen MR) is 129 cm³/mol. The third-order valence-electron chi connectivity index (χ3n) is 5.66. The van der Waals surface area contributed by atoms with Crippen molar-refractivity contribution < 1.29 is 14.3 Å². The lowest BCUT2D eigenvalue weighted by molar-refractivity contribution is -0.116. The van der Waals surface area contributed by atoms with Crippen molar-refractivity contribution >= 4 is 23.2 Å². The highest BCUT2D eigenvalue weighted by Crippen LogP contribution is 2.36. The molecule has 4 aromatic rings. The summed E-state index contributed by atoms with van der Waals surface area (Å²) in [4.78, 5) is 25.8. The van der Waals surface area contributed by atoms with Gasteiger partial charge in [0.25, 0.3) is 5.91 Å². The zero-order valence-electron chi connectivity index (χ0n) is 17.8. The van der Waals surface area contributed by atoms with Crippen molar-refractivity contribution in [3.8, 4) is 11.5 Å². The van der Waals surface area contributed by atoms with E-state index in [4.69, 9.17) is 4.74 Å². The average molecular weight is 434 g/mol. The smallest absolute Gasteiger partial charge is 0.259 e. The van der Waals surface area contributed by atoms with Gasteiger partial charge in [0.15, 0.2) is 5.75 Å². The summed E-state index contributed by atoms with van der Waals surface area (Å²) >= 11 is 0. The van der Waals surface area contributed by atoms with Crippen LogP contribution in [-0.4, -0.2) is 11.8 Å². The van der Waals surface area contributed by atoms with Crippen LogP contribution >= 0.6 is 0 Å². The first-order valence-electron chi connectivity index (χ1n) is 10.8. The second-order valence-corrected chi connectivity index (χ2v) is 7.89. The van der Waals surface area contributed by atoms with Crippen LogP contribution in [0, 0.1) is 0 Å². The Labute approximate surface area is 192 Å². The molecule has 0 saturated carbocycles. The predicted octanol–water partition coefficient (Wildman–Crippen LogP) is 6.21. The molecule has 0 bridgehead atoms. The molecule has 0 radical (unpaired) electrons. The molecule has 0 unspecified atom stereocenters. The molecule has 33 heavy (non-hydrogen) atoms. The lowest BCUT2D eigenvalue weighted by Gasteiger charge is -2.18. The van der Waals surface area contributed by atoms with E-state index in [9.17, 15) is 9.59 Å². The van der Waals surface area contributed by atoms with Gasteiger partial charge >= 0.3 is 0 Å². The number of rotatable bonds is 5. The molecular formula is C28H22N2O3. The number of hydrogen-bond acceptors (Lipinski definition) is 3. The maximum absolute atomic E-state index is 13.0. The zero-order valence-corrected chi connectivity index (χ0v) is 17.8. The van der Waals surface area contributed by atoms with Crippen molar-refractivity contribution in [2.24, 2.45) is 0 Å². The van der Waals surface area contributed by atoms with Crippen molar-refractivity contribution in [1.29, 1.82) is 0 Å². The number of nitrogens with one attached hydrogen (secondary N) is 2. The SMILES string of the molecule is O=C(CC(c1ccccc1)c1ccccc1)Nc1ccc2c(c1)C(=O)Nc1ccccc1O2. The van der Waals surface area contributed by atoms with Crippen LogP contribution in [0.25, 0.3) is 0 Å². The Hall–Kier alpha value is -4.38. The Balaban J connectivity index is 1.37. The molecule has 2 N–H and O–H groups in total. The Morgan fingerprint density at radius 3 is 2.12 bits per heavy atom. The van der Waals surface area contributed by atoms with Gasteiger partial charge in [-0.3, -0.25) is 9.59 Å². The van der Waals surface area contributed by atoms with Gasteiger partial charge in [-0.05, 0) is 41.5 Å². The maximum atomic E-state index is 13.0. The average Bonchev–Trinajstić information content (AvgIpc) is 2.99. The maximum Gasteiger partial charge on any atom is 0.259 e. The quantitative estimate of drug-likeness (QED) is 0.393. The minimum absolute atomic E-state index is 0.0747. The van der Waals surface area contributed by atoms with Crippen LogP contribution in [-0.2, 0) is 4.79 Å². The van der Waals surface area contributed by atoms with E-state index in [1.54, 1.807) is 30.3 Å². The number of fused-ring (bicyclic) bond motifs is 2. The fourth-order valence-corrected chi connectivity index (χ4v) is 4.04. The molecule has 0 atom stereocenters. The number of carbonyl (C=O) groups excluding carboxylic acids is 2. The molecule has 162 valence electrons. The summed E-state index contributed by atoms with van der Waals surface area (Å²) in [5, 5.41) is 5.81. The lowest BCUT2D eigenvalue weighted by Crippen LogP contribution is -2.17. The third-order valence-corrected chi connectivity index (χ3v) is 5.66. The van der Waals surface area contributed by atoms with Crippen LogP contribution in [0.2, 0.25) is 0 Å². The minimum atomic E-state index is -0.280. The highest BCUT2D eigenvalue weighted by atomic mass is 16.5. The first-order chi connectivity index (χ1) is 16.2. The van der Waals surface area contributed by atoms with Gasteiger partial charge in [-0.1, -0.05) is 72.8 Å². The van der Waals surface area contributed by atoms with E-state index in [1.807, 2.05) is 72.8 Å². The van der Waals surface area contributed by atoms with E-state index in [0.29, 0.717) is 28.4 Å². The van der Waals surface area contributed by atoms with Crippen LogP contribution in [0.1, 0.15) is 33.8 Å². The van der Waals surface area contributed by atoms with Gasteiger partial charge < -0.3 is 15.4 Å². The van der Waals surface area contributed by atoms with Gasteiger partial charge in [-0.2, -0.15) is 0 Å². The fourth-order valence-electron chi connectivity index (χ4n) is 4.04. The standard InChI is InChI=1S/C28H22N2O3/c31-27(18-22(19-9-3-1-4-10-19)20-11-5-2-6-12-20)29-21-15-16-25-23(17-21)28(32)30-24-13-7-8-14-26(24)33-25/h1-17,22H,18H2,(H,29,31)(H,30,32). The molecule has 0 spiro atoms. The van der Waals surface area contributed by atoms with Crippen molar-refractivity contribution in [2.45, 2.75) is 12.3 Å². The minimum Gasteiger partial charge on any atom is -0.454 e. The zero-order chi connectivity index (χ0) is 22.6. The summed E-state index contributed by atoms with van der Waals surface area (Å²) in [5.74, 6) is 0.537. The molecule has 1 heterocycles. The summed E-state index contributed by atoms with van der Waals surface area (Å²) in [6.45, 7) is 0. The fraction of sp³-hybridized carbons (Fsp3) is 0.0714. The van der Waals surface area contributed by atoms with Crippen molar-refractivity contribution in [3.63, 3.8) is 0 Å². The molecule has 2 amide bonds. The molecule has 0 fully saturated rings. The van der Waals surface area contributed by atoms with Gasteiger partial charge in [-0.15, -0.1) is 0 Å². The highest BCUT2D eigenvalue weighted by Gasteiger charge is 2.22. The van der Waals surface area contributed by atoms with E-state index in [1.165, 1.54) is 0 Å². The van der Waals surface area contributed by atoms with E-state index >= 15 is 0 Å². The molecule has 0 aromatic heterocycles. The van der Waals surface area contributed by atoms with Crippen molar-refractivity contribution in [2.75, 3.05) is 10.6 Å². The van der Waals surface area contributed by atoms with E-state index in [-0.39, 0.29) is 24.2 Å². The molecular weight excluding hydrogens is 412 g/mol. The summed E-state index contributed by atoms with van der Waals surface area (Å²) in [6, 6.07) is 32.4. The number of carbonyl (C=O) groups is 2. The topological polar surface area (TPSA) is 67.4 Å². The van der Waals surface area contributed by atoms with Crippen LogP contribution in [0.4, 0.5) is 11.4 Å². The van der Waals surface area contributed by atoms with Gasteiger partial charge in [0.1, 0.15) is 5.75 Å². The molecule has 5 heteroatoms. The Bertz CT molecular complexity index is 1260. The van der Waals surface area contributed by atoms with Gasteiger partial charge in [0.2, 0.25) is 5.91 Å². The van der Waals surface area contributed by atoms with Crippen LogP contribution in [0.5, 0.6) is 11.5 Å². The normalized spacial score (nSPS) is 12.1. The number of amides is 2. The first-order valence-corrected chi connectivity index (χ1v) is 10.8. The Kier molecular flexibility index (Phi) is 5.60.